The van der Waals surface area contributed by atoms with E-state index < -0.39 is 43.1 Å². The molecule has 1 unspecified atom stereocenters. The highest BCUT2D eigenvalue weighted by molar-refractivity contribution is 5.85. The van der Waals surface area contributed by atoms with Gasteiger partial charge in [0.05, 0.1) is 12.2 Å². The lowest BCUT2D eigenvalue weighted by molar-refractivity contribution is -0.284. The van der Waals surface area contributed by atoms with Gasteiger partial charge in [0.15, 0.2) is 11.5 Å². The number of ether oxygens (including phenoxy) is 2. The highest BCUT2D eigenvalue weighted by Crippen LogP contribution is 2.33. The van der Waals surface area contributed by atoms with Gasteiger partial charge in [0.2, 0.25) is 6.29 Å². The summed E-state index contributed by atoms with van der Waals surface area (Å²) in [6.07, 6.45) is -7.45. The molecule has 0 saturated carbocycles. The van der Waals surface area contributed by atoms with Gasteiger partial charge in [-0.2, -0.15) is 0 Å². The molecule has 1 heterocycles. The van der Waals surface area contributed by atoms with Crippen LogP contribution in [-0.4, -0.2) is 68.0 Å². The largest absolute Gasteiger partial charge is 0.507 e. The zero-order chi connectivity index (χ0) is 20.3. The molecule has 1 fully saturated rings. The van der Waals surface area contributed by atoms with Gasteiger partial charge in [-0.1, -0.05) is 42.5 Å². The number of hydrogen-bond acceptors (Lipinski definition) is 8. The molecule has 0 aromatic heterocycles. The Morgan fingerprint density at radius 3 is 2.18 bits per heavy atom. The zero-order valence-electron chi connectivity index (χ0n) is 14.8. The predicted molar refractivity (Wildman–Crippen MR) is 98.8 cm³/mol. The summed E-state index contributed by atoms with van der Waals surface area (Å²) < 4.78 is 11.0. The first-order valence-corrected chi connectivity index (χ1v) is 8.68. The van der Waals surface area contributed by atoms with E-state index in [2.05, 4.69) is 0 Å². The van der Waals surface area contributed by atoms with Crippen LogP contribution in [0.3, 0.4) is 0 Å². The van der Waals surface area contributed by atoms with Gasteiger partial charge in [0.1, 0.15) is 30.2 Å². The van der Waals surface area contributed by atoms with Gasteiger partial charge < -0.3 is 40.1 Å². The third kappa shape index (κ3) is 3.96. The SMILES string of the molecule is OC[C@H]1OC(OC(=C(O)c2ccccc2O)c2ccccc2)[C@H](O)[C@@H](O)[C@@H]1O. The highest BCUT2D eigenvalue weighted by atomic mass is 16.7. The Balaban J connectivity index is 2.01. The second-order valence-corrected chi connectivity index (χ2v) is 6.38. The van der Waals surface area contributed by atoms with Gasteiger partial charge in [-0.25, -0.2) is 0 Å². The predicted octanol–water partition coefficient (Wildman–Crippen LogP) is 0.592. The minimum absolute atomic E-state index is 0.0888. The van der Waals surface area contributed by atoms with Crippen LogP contribution in [0.1, 0.15) is 11.1 Å². The van der Waals surface area contributed by atoms with E-state index in [9.17, 15) is 30.6 Å². The van der Waals surface area contributed by atoms with Crippen LogP contribution >= 0.6 is 0 Å². The van der Waals surface area contributed by atoms with Crippen LogP contribution in [-0.2, 0) is 9.47 Å². The summed E-state index contributed by atoms with van der Waals surface area (Å²) in [5.74, 6) is -0.724. The molecule has 3 rings (SSSR count). The van der Waals surface area contributed by atoms with E-state index in [1.54, 1.807) is 42.5 Å². The lowest BCUT2D eigenvalue weighted by Crippen LogP contribution is -2.59. The van der Waals surface area contributed by atoms with E-state index in [0.29, 0.717) is 5.56 Å². The fraction of sp³-hybridized carbons (Fsp3) is 0.300. The molecule has 0 aliphatic carbocycles. The Morgan fingerprint density at radius 1 is 0.893 bits per heavy atom. The van der Waals surface area contributed by atoms with Gasteiger partial charge in [0, 0.05) is 5.56 Å². The quantitative estimate of drug-likeness (QED) is 0.322. The Labute approximate surface area is 161 Å². The number of phenols is 1. The van der Waals surface area contributed by atoms with Gasteiger partial charge in [-0.3, -0.25) is 0 Å². The fourth-order valence-electron chi connectivity index (χ4n) is 2.93. The smallest absolute Gasteiger partial charge is 0.229 e. The Kier molecular flexibility index (Phi) is 6.18. The standard InChI is InChI=1S/C20H22O8/c21-10-14-16(24)17(25)18(26)20(27-14)28-19(11-6-2-1-3-7-11)15(23)12-8-4-5-9-13(12)22/h1-9,14,16-18,20-26H,10H2/t14-,16-,17+,18-,20?/m1/s1. The molecule has 5 atom stereocenters. The second kappa shape index (κ2) is 8.59. The van der Waals surface area contributed by atoms with Crippen molar-refractivity contribution >= 4 is 11.5 Å². The topological polar surface area (TPSA) is 140 Å². The van der Waals surface area contributed by atoms with Crippen molar-refractivity contribution in [1.82, 2.24) is 0 Å². The number of benzene rings is 2. The van der Waals surface area contributed by atoms with E-state index in [0.717, 1.165) is 0 Å². The van der Waals surface area contributed by atoms with E-state index in [1.807, 2.05) is 0 Å². The molecular weight excluding hydrogens is 368 g/mol. The molecule has 0 spiro atoms. The van der Waals surface area contributed by atoms with E-state index in [-0.39, 0.29) is 17.1 Å². The number of aliphatic hydroxyl groups is 5. The van der Waals surface area contributed by atoms with Crippen LogP contribution in [0.15, 0.2) is 54.6 Å². The molecular formula is C20H22O8. The molecule has 0 radical (unpaired) electrons. The van der Waals surface area contributed by atoms with Gasteiger partial charge in [-0.05, 0) is 12.1 Å². The third-order valence-corrected chi connectivity index (χ3v) is 4.49. The van der Waals surface area contributed by atoms with Crippen molar-refractivity contribution in [2.24, 2.45) is 0 Å². The van der Waals surface area contributed by atoms with Crippen LogP contribution in [0.25, 0.3) is 11.5 Å². The van der Waals surface area contributed by atoms with Crippen LogP contribution in [0.5, 0.6) is 5.75 Å². The molecule has 6 N–H and O–H groups in total. The molecule has 1 aliphatic heterocycles. The van der Waals surface area contributed by atoms with Crippen molar-refractivity contribution in [2.45, 2.75) is 30.7 Å². The molecule has 28 heavy (non-hydrogen) atoms. The lowest BCUT2D eigenvalue weighted by Gasteiger charge is -2.40. The number of phenolic OH excluding ortho intramolecular Hbond substituents is 1. The van der Waals surface area contributed by atoms with Crippen LogP contribution in [0, 0.1) is 0 Å². The zero-order valence-corrected chi connectivity index (χ0v) is 14.8. The van der Waals surface area contributed by atoms with Crippen molar-refractivity contribution in [3.63, 3.8) is 0 Å². The van der Waals surface area contributed by atoms with Crippen molar-refractivity contribution in [3.8, 4) is 5.75 Å². The minimum atomic E-state index is -1.64. The third-order valence-electron chi connectivity index (χ3n) is 4.49. The summed E-state index contributed by atoms with van der Waals surface area (Å²) in [5, 5.41) is 60.2. The van der Waals surface area contributed by atoms with Crippen molar-refractivity contribution < 1.29 is 40.1 Å². The number of aliphatic hydroxyl groups excluding tert-OH is 5. The summed E-state index contributed by atoms with van der Waals surface area (Å²) in [6, 6.07) is 14.5. The second-order valence-electron chi connectivity index (χ2n) is 6.38. The first-order valence-electron chi connectivity index (χ1n) is 8.68. The van der Waals surface area contributed by atoms with Crippen molar-refractivity contribution in [2.75, 3.05) is 6.61 Å². The average Bonchev–Trinajstić information content (AvgIpc) is 2.72. The fourth-order valence-corrected chi connectivity index (χ4v) is 2.93. The van der Waals surface area contributed by atoms with Crippen molar-refractivity contribution in [1.29, 1.82) is 0 Å². The number of rotatable bonds is 5. The monoisotopic (exact) mass is 390 g/mol. The van der Waals surface area contributed by atoms with E-state index >= 15 is 0 Å². The summed E-state index contributed by atoms with van der Waals surface area (Å²) in [5.41, 5.74) is 0.506. The van der Waals surface area contributed by atoms with Gasteiger partial charge >= 0.3 is 0 Å². The molecule has 8 heteroatoms. The molecule has 2 aromatic rings. The molecule has 2 aromatic carbocycles. The minimum Gasteiger partial charge on any atom is -0.507 e. The Hall–Kier alpha value is -2.62. The normalized spacial score (nSPS) is 28.5. The maximum atomic E-state index is 10.8. The van der Waals surface area contributed by atoms with Gasteiger partial charge in [0.25, 0.3) is 0 Å². The summed E-state index contributed by atoms with van der Waals surface area (Å²) in [4.78, 5) is 0. The molecule has 1 saturated heterocycles. The number of aromatic hydroxyl groups is 1. The molecule has 0 amide bonds. The van der Waals surface area contributed by atoms with Crippen LogP contribution < -0.4 is 0 Å². The summed E-state index contributed by atoms with van der Waals surface area (Å²) >= 11 is 0. The summed E-state index contributed by atoms with van der Waals surface area (Å²) in [7, 11) is 0. The maximum Gasteiger partial charge on any atom is 0.229 e. The molecule has 0 bridgehead atoms. The number of para-hydroxylation sites is 1. The first-order chi connectivity index (χ1) is 13.4. The first kappa shape index (κ1) is 20.1. The maximum absolute atomic E-state index is 10.8. The van der Waals surface area contributed by atoms with E-state index in [4.69, 9.17) is 9.47 Å². The highest BCUT2D eigenvalue weighted by Gasteiger charge is 2.45. The van der Waals surface area contributed by atoms with Crippen molar-refractivity contribution in [3.05, 3.63) is 65.7 Å². The summed E-state index contributed by atoms with van der Waals surface area (Å²) in [6.45, 7) is -0.610. The van der Waals surface area contributed by atoms with Gasteiger partial charge in [-0.15, -0.1) is 0 Å². The molecule has 1 aliphatic rings. The van der Waals surface area contributed by atoms with E-state index in [1.165, 1.54) is 12.1 Å². The number of hydrogen-bond donors (Lipinski definition) is 6. The lowest BCUT2D eigenvalue weighted by atomic mass is 9.99. The average molecular weight is 390 g/mol. The molecule has 150 valence electrons. The Bertz CT molecular complexity index is 820. The molecule has 8 nitrogen and oxygen atoms in total. The van der Waals surface area contributed by atoms with Crippen LogP contribution in [0.4, 0.5) is 0 Å². The van der Waals surface area contributed by atoms with Crippen LogP contribution in [0.2, 0.25) is 0 Å². The Morgan fingerprint density at radius 2 is 1.54 bits per heavy atom.